The fourth-order valence-corrected chi connectivity index (χ4v) is 1.43. The minimum absolute atomic E-state index is 0.351. The lowest BCUT2D eigenvalue weighted by Gasteiger charge is -1.98. The number of carboxylic acids is 1. The van der Waals surface area contributed by atoms with Gasteiger partial charge in [0.1, 0.15) is 0 Å². The molecule has 0 fully saturated rings. The fraction of sp³-hybridized carbons (Fsp3) is 0.100. The first-order valence-corrected chi connectivity index (χ1v) is 4.85. The van der Waals surface area contributed by atoms with Gasteiger partial charge in [-0.15, -0.1) is 0 Å². The molecule has 1 N–H and O–H groups in total. The molecule has 0 atom stereocenters. The topological polar surface area (TPSA) is 37.3 Å². The molecule has 0 saturated heterocycles. The van der Waals surface area contributed by atoms with Crippen LogP contribution in [0.1, 0.15) is 12.5 Å². The standard InChI is InChI=1S/C10H9IO2/c1-7(10(12)13)6-8-4-2-3-5-9(8)11/h2-6H,1H3,(H,12,13). The summed E-state index contributed by atoms with van der Waals surface area (Å²) in [7, 11) is 0. The fourth-order valence-electron chi connectivity index (χ4n) is 0.887. The van der Waals surface area contributed by atoms with Gasteiger partial charge in [0.05, 0.1) is 0 Å². The van der Waals surface area contributed by atoms with Crippen LogP contribution in [0.4, 0.5) is 0 Å². The summed E-state index contributed by atoms with van der Waals surface area (Å²) in [5.74, 6) is -0.875. The summed E-state index contributed by atoms with van der Waals surface area (Å²) < 4.78 is 1.06. The van der Waals surface area contributed by atoms with Gasteiger partial charge in [0.2, 0.25) is 0 Å². The summed E-state index contributed by atoms with van der Waals surface area (Å²) in [6.07, 6.45) is 1.67. The Kier molecular flexibility index (Phi) is 3.48. The normalized spacial score (nSPS) is 11.4. The molecule has 0 saturated carbocycles. The summed E-state index contributed by atoms with van der Waals surface area (Å²) in [5.41, 5.74) is 1.30. The van der Waals surface area contributed by atoms with Crippen LogP contribution in [0.25, 0.3) is 6.08 Å². The van der Waals surface area contributed by atoms with Gasteiger partial charge in [0, 0.05) is 9.14 Å². The predicted molar refractivity (Wildman–Crippen MR) is 60.4 cm³/mol. The molecule has 0 spiro atoms. The molecule has 3 heteroatoms. The first-order valence-electron chi connectivity index (χ1n) is 3.77. The molecule has 68 valence electrons. The van der Waals surface area contributed by atoms with Gasteiger partial charge in [0.25, 0.3) is 0 Å². The largest absolute Gasteiger partial charge is 0.478 e. The molecule has 13 heavy (non-hydrogen) atoms. The van der Waals surface area contributed by atoms with Crippen molar-refractivity contribution in [3.63, 3.8) is 0 Å². The van der Waals surface area contributed by atoms with Crippen molar-refractivity contribution in [2.24, 2.45) is 0 Å². The van der Waals surface area contributed by atoms with Crippen LogP contribution in [-0.4, -0.2) is 11.1 Å². The van der Waals surface area contributed by atoms with Crippen molar-refractivity contribution in [3.8, 4) is 0 Å². The van der Waals surface area contributed by atoms with E-state index in [1.54, 1.807) is 13.0 Å². The third-order valence-electron chi connectivity index (χ3n) is 1.61. The highest BCUT2D eigenvalue weighted by Crippen LogP contribution is 2.14. The van der Waals surface area contributed by atoms with Crippen LogP contribution in [0.3, 0.4) is 0 Å². The van der Waals surface area contributed by atoms with Crippen molar-refractivity contribution >= 4 is 34.6 Å². The lowest BCUT2D eigenvalue weighted by molar-refractivity contribution is -0.132. The molecule has 0 aromatic heterocycles. The first-order chi connectivity index (χ1) is 6.11. The Hall–Kier alpha value is -0.840. The number of carboxylic acid groups (broad SMARTS) is 1. The number of hydrogen-bond acceptors (Lipinski definition) is 1. The molecule has 1 aromatic rings. The van der Waals surface area contributed by atoms with Gasteiger partial charge in [-0.2, -0.15) is 0 Å². The van der Waals surface area contributed by atoms with Crippen molar-refractivity contribution in [3.05, 3.63) is 39.0 Å². The van der Waals surface area contributed by atoms with Crippen molar-refractivity contribution in [2.75, 3.05) is 0 Å². The van der Waals surface area contributed by atoms with E-state index in [9.17, 15) is 4.79 Å². The molecule has 0 amide bonds. The maximum atomic E-state index is 10.5. The highest BCUT2D eigenvalue weighted by Gasteiger charge is 2.01. The SMILES string of the molecule is CC(=Cc1ccccc1I)C(=O)O. The zero-order chi connectivity index (χ0) is 9.84. The van der Waals surface area contributed by atoms with Crippen LogP contribution in [0.2, 0.25) is 0 Å². The molecule has 0 unspecified atom stereocenters. The Bertz CT molecular complexity index is 356. The smallest absolute Gasteiger partial charge is 0.331 e. The second kappa shape index (κ2) is 4.41. The van der Waals surface area contributed by atoms with Gasteiger partial charge in [-0.25, -0.2) is 4.79 Å². The van der Waals surface area contributed by atoms with E-state index in [2.05, 4.69) is 22.6 Å². The average molecular weight is 288 g/mol. The Morgan fingerprint density at radius 2 is 2.08 bits per heavy atom. The number of rotatable bonds is 2. The molecule has 0 aliphatic rings. The molecule has 0 aliphatic carbocycles. The molecule has 1 aromatic carbocycles. The van der Waals surface area contributed by atoms with E-state index in [0.717, 1.165) is 9.13 Å². The van der Waals surface area contributed by atoms with Crippen molar-refractivity contribution in [2.45, 2.75) is 6.92 Å². The third kappa shape index (κ3) is 2.84. The number of carbonyl (C=O) groups is 1. The second-order valence-corrected chi connectivity index (χ2v) is 3.82. The number of aliphatic carboxylic acids is 1. The lowest BCUT2D eigenvalue weighted by Crippen LogP contribution is -1.95. The minimum atomic E-state index is -0.875. The van der Waals surface area contributed by atoms with Gasteiger partial charge in [-0.05, 0) is 47.2 Å². The van der Waals surface area contributed by atoms with Crippen LogP contribution >= 0.6 is 22.6 Å². The maximum absolute atomic E-state index is 10.5. The van der Waals surface area contributed by atoms with E-state index < -0.39 is 5.97 Å². The van der Waals surface area contributed by atoms with E-state index in [0.29, 0.717) is 5.57 Å². The van der Waals surface area contributed by atoms with Crippen molar-refractivity contribution in [1.29, 1.82) is 0 Å². The minimum Gasteiger partial charge on any atom is -0.478 e. The predicted octanol–water partition coefficient (Wildman–Crippen LogP) is 2.78. The van der Waals surface area contributed by atoms with Gasteiger partial charge >= 0.3 is 5.97 Å². The van der Waals surface area contributed by atoms with Crippen LogP contribution in [0.5, 0.6) is 0 Å². The second-order valence-electron chi connectivity index (χ2n) is 2.65. The van der Waals surface area contributed by atoms with E-state index in [1.807, 2.05) is 24.3 Å². The average Bonchev–Trinajstić information content (AvgIpc) is 2.08. The summed E-state index contributed by atoms with van der Waals surface area (Å²) in [5, 5.41) is 8.66. The van der Waals surface area contributed by atoms with Crippen LogP contribution < -0.4 is 0 Å². The summed E-state index contributed by atoms with van der Waals surface area (Å²) >= 11 is 2.18. The molecule has 0 aliphatic heterocycles. The van der Waals surface area contributed by atoms with Crippen LogP contribution in [-0.2, 0) is 4.79 Å². The summed E-state index contributed by atoms with van der Waals surface area (Å²) in [6.45, 7) is 1.59. The first kappa shape index (κ1) is 10.2. The maximum Gasteiger partial charge on any atom is 0.331 e. The number of hydrogen-bond donors (Lipinski definition) is 1. The van der Waals surface area contributed by atoms with Crippen LogP contribution in [0.15, 0.2) is 29.8 Å². The zero-order valence-corrected chi connectivity index (χ0v) is 9.28. The monoisotopic (exact) mass is 288 g/mol. The molecule has 1 rings (SSSR count). The Morgan fingerprint density at radius 1 is 1.46 bits per heavy atom. The van der Waals surface area contributed by atoms with Gasteiger partial charge in [-0.1, -0.05) is 18.2 Å². The molecule has 0 radical (unpaired) electrons. The zero-order valence-electron chi connectivity index (χ0n) is 7.12. The van der Waals surface area contributed by atoms with E-state index in [1.165, 1.54) is 0 Å². The highest BCUT2D eigenvalue weighted by molar-refractivity contribution is 14.1. The van der Waals surface area contributed by atoms with E-state index in [-0.39, 0.29) is 0 Å². The van der Waals surface area contributed by atoms with E-state index >= 15 is 0 Å². The Balaban J connectivity index is 3.04. The summed E-state index contributed by atoms with van der Waals surface area (Å²) in [6, 6.07) is 7.66. The van der Waals surface area contributed by atoms with E-state index in [4.69, 9.17) is 5.11 Å². The Morgan fingerprint density at radius 3 is 2.62 bits per heavy atom. The molecule has 2 nitrogen and oxygen atoms in total. The molecule has 0 bridgehead atoms. The summed E-state index contributed by atoms with van der Waals surface area (Å²) in [4.78, 5) is 10.5. The van der Waals surface area contributed by atoms with Crippen molar-refractivity contribution < 1.29 is 9.90 Å². The van der Waals surface area contributed by atoms with Crippen LogP contribution in [0, 0.1) is 3.57 Å². The molecular formula is C10H9IO2. The van der Waals surface area contributed by atoms with Gasteiger partial charge < -0.3 is 5.11 Å². The van der Waals surface area contributed by atoms with Crippen molar-refractivity contribution in [1.82, 2.24) is 0 Å². The Labute approximate surface area is 90.4 Å². The van der Waals surface area contributed by atoms with Gasteiger partial charge in [-0.3, -0.25) is 0 Å². The highest BCUT2D eigenvalue weighted by atomic mass is 127. The molecular weight excluding hydrogens is 279 g/mol. The van der Waals surface area contributed by atoms with Gasteiger partial charge in [0.15, 0.2) is 0 Å². The lowest BCUT2D eigenvalue weighted by atomic mass is 10.1. The molecule has 0 heterocycles. The third-order valence-corrected chi connectivity index (χ3v) is 2.60. The quantitative estimate of drug-likeness (QED) is 0.671. The number of benzene rings is 1. The number of halogens is 1.